The van der Waals surface area contributed by atoms with Crippen molar-refractivity contribution in [2.45, 2.75) is 12.1 Å². The maximum Gasteiger partial charge on any atom is 0.140 e. The van der Waals surface area contributed by atoms with E-state index in [1.54, 1.807) is 0 Å². The Morgan fingerprint density at radius 3 is 2.64 bits per heavy atom. The standard InChI is InChI=1S/C11H14FN.ClH/c1-13-8-10-7-11(10,12)9-5-3-2-4-6-9;/h2-6,10,13H,7-8H2,1H3;1H/t10-,11+;/m1./s1. The van der Waals surface area contributed by atoms with Gasteiger partial charge in [-0.1, -0.05) is 30.3 Å². The maximum absolute atomic E-state index is 14.0. The van der Waals surface area contributed by atoms with Crippen LogP contribution in [0, 0.1) is 5.92 Å². The summed E-state index contributed by atoms with van der Waals surface area (Å²) in [5.41, 5.74) is -0.222. The third-order valence-corrected chi connectivity index (χ3v) is 2.73. The highest BCUT2D eigenvalue weighted by atomic mass is 35.5. The molecule has 0 aromatic heterocycles. The van der Waals surface area contributed by atoms with Crippen molar-refractivity contribution in [1.82, 2.24) is 5.32 Å². The van der Waals surface area contributed by atoms with Crippen LogP contribution in [0.1, 0.15) is 12.0 Å². The van der Waals surface area contributed by atoms with Gasteiger partial charge in [0, 0.05) is 12.5 Å². The van der Waals surface area contributed by atoms with Gasteiger partial charge in [-0.15, -0.1) is 12.4 Å². The van der Waals surface area contributed by atoms with Crippen LogP contribution >= 0.6 is 12.4 Å². The van der Waals surface area contributed by atoms with E-state index in [4.69, 9.17) is 0 Å². The van der Waals surface area contributed by atoms with Crippen molar-refractivity contribution >= 4 is 12.4 Å². The Bertz CT molecular complexity index is 291. The lowest BCUT2D eigenvalue weighted by Gasteiger charge is -2.07. The summed E-state index contributed by atoms with van der Waals surface area (Å²) < 4.78 is 14.0. The minimum absolute atomic E-state index is 0. The molecule has 1 aromatic rings. The number of benzene rings is 1. The van der Waals surface area contributed by atoms with Crippen molar-refractivity contribution in [3.63, 3.8) is 0 Å². The molecule has 0 saturated heterocycles. The zero-order valence-electron chi connectivity index (χ0n) is 8.16. The van der Waals surface area contributed by atoms with E-state index in [9.17, 15) is 4.39 Å². The SMILES string of the molecule is CNC[C@H]1C[C@]1(F)c1ccccc1.Cl. The fourth-order valence-electron chi connectivity index (χ4n) is 1.85. The maximum atomic E-state index is 14.0. The van der Waals surface area contributed by atoms with Crippen molar-refractivity contribution in [3.05, 3.63) is 35.9 Å². The van der Waals surface area contributed by atoms with Gasteiger partial charge in [-0.3, -0.25) is 0 Å². The number of hydrogen-bond acceptors (Lipinski definition) is 1. The van der Waals surface area contributed by atoms with Gasteiger partial charge >= 0.3 is 0 Å². The zero-order valence-corrected chi connectivity index (χ0v) is 8.98. The number of hydrogen-bond donors (Lipinski definition) is 1. The Hall–Kier alpha value is -0.600. The molecule has 14 heavy (non-hydrogen) atoms. The molecular formula is C11H15ClFN. The first-order valence-electron chi connectivity index (χ1n) is 4.66. The van der Waals surface area contributed by atoms with Crippen LogP contribution in [0.3, 0.4) is 0 Å². The van der Waals surface area contributed by atoms with Crippen molar-refractivity contribution in [3.8, 4) is 0 Å². The summed E-state index contributed by atoms with van der Waals surface area (Å²) in [5.74, 6) is 0.167. The molecule has 2 atom stereocenters. The summed E-state index contributed by atoms with van der Waals surface area (Å²) in [6.45, 7) is 0.769. The van der Waals surface area contributed by atoms with E-state index in [1.165, 1.54) is 0 Å². The summed E-state index contributed by atoms with van der Waals surface area (Å²) in [6, 6.07) is 9.45. The molecule has 1 aliphatic carbocycles. The quantitative estimate of drug-likeness (QED) is 0.817. The van der Waals surface area contributed by atoms with E-state index in [2.05, 4.69) is 5.32 Å². The number of nitrogens with one attached hydrogen (secondary N) is 1. The average molecular weight is 216 g/mol. The van der Waals surface area contributed by atoms with Gasteiger partial charge in [0.2, 0.25) is 0 Å². The molecule has 3 heteroatoms. The van der Waals surface area contributed by atoms with Crippen LogP contribution in [0.5, 0.6) is 0 Å². The van der Waals surface area contributed by atoms with Gasteiger partial charge in [0.15, 0.2) is 0 Å². The molecule has 0 unspecified atom stereocenters. The minimum atomic E-state index is -1.05. The van der Waals surface area contributed by atoms with E-state index < -0.39 is 5.67 Å². The van der Waals surface area contributed by atoms with Gasteiger partial charge in [-0.2, -0.15) is 0 Å². The summed E-state index contributed by atoms with van der Waals surface area (Å²) >= 11 is 0. The molecule has 1 saturated carbocycles. The van der Waals surface area contributed by atoms with Crippen molar-refractivity contribution < 1.29 is 4.39 Å². The first kappa shape index (κ1) is 11.5. The summed E-state index contributed by atoms with van der Waals surface area (Å²) in [4.78, 5) is 0. The highest BCUT2D eigenvalue weighted by Gasteiger charge is 2.55. The van der Waals surface area contributed by atoms with Gasteiger partial charge in [0.05, 0.1) is 0 Å². The minimum Gasteiger partial charge on any atom is -0.319 e. The first-order valence-corrected chi connectivity index (χ1v) is 4.66. The van der Waals surface area contributed by atoms with E-state index in [1.807, 2.05) is 37.4 Å². The summed E-state index contributed by atoms with van der Waals surface area (Å²) in [6.07, 6.45) is 0.665. The average Bonchev–Trinajstić information content (AvgIpc) is 2.81. The van der Waals surface area contributed by atoms with Gasteiger partial charge < -0.3 is 5.32 Å². The molecule has 0 heterocycles. The van der Waals surface area contributed by atoms with Crippen LogP contribution in [0.25, 0.3) is 0 Å². The molecule has 1 nitrogen and oxygen atoms in total. The lowest BCUT2D eigenvalue weighted by Crippen LogP contribution is -2.14. The Balaban J connectivity index is 0.000000980. The van der Waals surface area contributed by atoms with Crippen LogP contribution in [-0.2, 0) is 5.67 Å². The number of halogens is 2. The van der Waals surface area contributed by atoms with E-state index >= 15 is 0 Å². The molecule has 2 rings (SSSR count). The Kier molecular flexibility index (Phi) is 3.51. The molecule has 0 aliphatic heterocycles. The molecule has 1 N–H and O–H groups in total. The van der Waals surface area contributed by atoms with Crippen LogP contribution < -0.4 is 5.32 Å². The number of rotatable bonds is 3. The second-order valence-corrected chi connectivity index (χ2v) is 3.69. The third-order valence-electron chi connectivity index (χ3n) is 2.73. The molecule has 0 radical (unpaired) electrons. The highest BCUT2D eigenvalue weighted by Crippen LogP contribution is 2.55. The summed E-state index contributed by atoms with van der Waals surface area (Å²) in [5, 5.41) is 3.01. The van der Waals surface area contributed by atoms with Gasteiger partial charge in [0.25, 0.3) is 0 Å². The van der Waals surface area contributed by atoms with Crippen LogP contribution in [-0.4, -0.2) is 13.6 Å². The normalized spacial score (nSPS) is 29.4. The predicted octanol–water partition coefficient (Wildman–Crippen LogP) is 2.51. The Labute approximate surface area is 90.1 Å². The smallest absolute Gasteiger partial charge is 0.140 e. The van der Waals surface area contributed by atoms with Gasteiger partial charge in [-0.25, -0.2) is 4.39 Å². The molecule has 0 bridgehead atoms. The topological polar surface area (TPSA) is 12.0 Å². The monoisotopic (exact) mass is 215 g/mol. The van der Waals surface area contributed by atoms with Crippen molar-refractivity contribution in [2.24, 2.45) is 5.92 Å². The van der Waals surface area contributed by atoms with Crippen molar-refractivity contribution in [2.75, 3.05) is 13.6 Å². The second-order valence-electron chi connectivity index (χ2n) is 3.69. The van der Waals surface area contributed by atoms with Crippen LogP contribution in [0.4, 0.5) is 4.39 Å². The molecule has 1 aromatic carbocycles. The molecule has 1 aliphatic rings. The number of alkyl halides is 1. The van der Waals surface area contributed by atoms with E-state index in [-0.39, 0.29) is 18.3 Å². The molecule has 0 amide bonds. The van der Waals surface area contributed by atoms with E-state index in [0.717, 1.165) is 12.1 Å². The zero-order chi connectivity index (χ0) is 9.31. The van der Waals surface area contributed by atoms with Gasteiger partial charge in [0.1, 0.15) is 5.67 Å². The lowest BCUT2D eigenvalue weighted by atomic mass is 10.1. The van der Waals surface area contributed by atoms with Gasteiger partial charge in [-0.05, 0) is 19.0 Å². The lowest BCUT2D eigenvalue weighted by molar-refractivity contribution is 0.285. The Morgan fingerprint density at radius 2 is 2.07 bits per heavy atom. The molecule has 0 spiro atoms. The summed E-state index contributed by atoms with van der Waals surface area (Å²) in [7, 11) is 1.86. The molecular weight excluding hydrogens is 201 g/mol. The molecule has 78 valence electrons. The second kappa shape index (κ2) is 4.28. The Morgan fingerprint density at radius 1 is 1.43 bits per heavy atom. The largest absolute Gasteiger partial charge is 0.319 e. The van der Waals surface area contributed by atoms with Crippen LogP contribution in [0.2, 0.25) is 0 Å². The van der Waals surface area contributed by atoms with E-state index in [0.29, 0.717) is 6.42 Å². The highest BCUT2D eigenvalue weighted by molar-refractivity contribution is 5.85. The van der Waals surface area contributed by atoms with Crippen LogP contribution in [0.15, 0.2) is 30.3 Å². The fourth-order valence-corrected chi connectivity index (χ4v) is 1.85. The van der Waals surface area contributed by atoms with Crippen molar-refractivity contribution in [1.29, 1.82) is 0 Å². The third kappa shape index (κ3) is 1.91. The first-order chi connectivity index (χ1) is 6.27. The predicted molar refractivity (Wildman–Crippen MR) is 58.5 cm³/mol. The molecule has 1 fully saturated rings. The fraction of sp³-hybridized carbons (Fsp3) is 0.455.